The first kappa shape index (κ1) is 14.6. The van der Waals surface area contributed by atoms with Crippen molar-refractivity contribution in [3.63, 3.8) is 0 Å². The number of para-hydroxylation sites is 1. The number of carbonyl (C=O) groups excluding carboxylic acids is 1. The van der Waals surface area contributed by atoms with E-state index < -0.39 is 0 Å². The highest BCUT2D eigenvalue weighted by molar-refractivity contribution is 7.18. The standard InChI is InChI=1S/C20H22N2OS/c23-20(15-12-13-8-9-14(15)11-13)22-10-4-3-6-17(22)19-21-16-5-1-2-7-18(16)24-19/h1-2,5,7-9,13-15,17H,3-4,6,10-12H2/t13-,14-,15+,17+/m0/s1. The van der Waals surface area contributed by atoms with Gasteiger partial charge in [-0.05, 0) is 56.1 Å². The van der Waals surface area contributed by atoms with Gasteiger partial charge in [-0.1, -0.05) is 24.3 Å². The molecule has 3 nitrogen and oxygen atoms in total. The van der Waals surface area contributed by atoms with Crippen LogP contribution in [-0.4, -0.2) is 22.3 Å². The average molecular weight is 338 g/mol. The summed E-state index contributed by atoms with van der Waals surface area (Å²) in [4.78, 5) is 20.3. The number of hydrogen-bond acceptors (Lipinski definition) is 3. The van der Waals surface area contributed by atoms with Crippen LogP contribution in [0.1, 0.15) is 43.2 Å². The van der Waals surface area contributed by atoms with Gasteiger partial charge in [0.05, 0.1) is 16.3 Å². The third-order valence-electron chi connectivity index (χ3n) is 5.98. The quantitative estimate of drug-likeness (QED) is 0.752. The van der Waals surface area contributed by atoms with Crippen LogP contribution in [0.25, 0.3) is 10.2 Å². The molecule has 4 heteroatoms. The molecule has 0 N–H and O–H groups in total. The van der Waals surface area contributed by atoms with Gasteiger partial charge >= 0.3 is 0 Å². The van der Waals surface area contributed by atoms with Crippen LogP contribution in [0.4, 0.5) is 0 Å². The maximum Gasteiger partial charge on any atom is 0.226 e. The third-order valence-corrected chi connectivity index (χ3v) is 7.12. The molecule has 5 rings (SSSR count). The lowest BCUT2D eigenvalue weighted by atomic mass is 9.90. The second-order valence-electron chi connectivity index (χ2n) is 7.45. The summed E-state index contributed by atoms with van der Waals surface area (Å²) in [5.74, 6) is 1.74. The van der Waals surface area contributed by atoms with E-state index in [1.54, 1.807) is 11.3 Å². The molecule has 4 atom stereocenters. The molecule has 2 fully saturated rings. The Morgan fingerprint density at radius 2 is 2.08 bits per heavy atom. The highest BCUT2D eigenvalue weighted by Gasteiger charge is 2.43. The third kappa shape index (κ3) is 2.31. The maximum absolute atomic E-state index is 13.3. The number of amides is 1. The smallest absolute Gasteiger partial charge is 0.226 e. The first-order valence-electron chi connectivity index (χ1n) is 9.14. The first-order chi connectivity index (χ1) is 11.8. The topological polar surface area (TPSA) is 33.2 Å². The molecule has 124 valence electrons. The van der Waals surface area contributed by atoms with Gasteiger partial charge in [-0.2, -0.15) is 0 Å². The number of nitrogens with zero attached hydrogens (tertiary/aromatic N) is 2. The lowest BCUT2D eigenvalue weighted by Crippen LogP contribution is -2.42. The van der Waals surface area contributed by atoms with E-state index in [1.165, 1.54) is 17.5 Å². The molecular weight excluding hydrogens is 316 g/mol. The minimum atomic E-state index is 0.187. The van der Waals surface area contributed by atoms with Crippen molar-refractivity contribution in [2.75, 3.05) is 6.54 Å². The average Bonchev–Trinajstić information content (AvgIpc) is 3.35. The zero-order valence-electron chi connectivity index (χ0n) is 13.7. The Balaban J connectivity index is 1.45. The normalized spacial score (nSPS) is 31.9. The largest absolute Gasteiger partial charge is 0.333 e. The molecule has 1 aliphatic heterocycles. The Hall–Kier alpha value is -1.68. The van der Waals surface area contributed by atoms with E-state index in [4.69, 9.17) is 4.98 Å². The van der Waals surface area contributed by atoms with Gasteiger partial charge in [0, 0.05) is 12.5 Å². The molecule has 0 radical (unpaired) electrons. The minimum absolute atomic E-state index is 0.187. The Bertz CT molecular complexity index is 778. The number of likely N-dealkylation sites (tertiary alicyclic amines) is 1. The summed E-state index contributed by atoms with van der Waals surface area (Å²) >= 11 is 1.76. The molecule has 0 unspecified atom stereocenters. The molecule has 2 aromatic rings. The van der Waals surface area contributed by atoms with Crippen LogP contribution in [-0.2, 0) is 4.79 Å². The van der Waals surface area contributed by atoms with E-state index in [0.29, 0.717) is 17.7 Å². The highest BCUT2D eigenvalue weighted by atomic mass is 32.1. The van der Waals surface area contributed by atoms with Crippen LogP contribution in [0.2, 0.25) is 0 Å². The Morgan fingerprint density at radius 3 is 2.88 bits per heavy atom. The zero-order valence-corrected chi connectivity index (χ0v) is 14.5. The fraction of sp³-hybridized carbons (Fsp3) is 0.500. The Labute approximate surface area is 146 Å². The van der Waals surface area contributed by atoms with E-state index in [2.05, 4.69) is 35.3 Å². The van der Waals surface area contributed by atoms with E-state index in [1.807, 2.05) is 6.07 Å². The van der Waals surface area contributed by atoms with E-state index in [-0.39, 0.29) is 12.0 Å². The monoisotopic (exact) mass is 338 g/mol. The molecular formula is C20H22N2OS. The number of aromatic nitrogens is 1. The fourth-order valence-electron chi connectivity index (χ4n) is 4.76. The second kappa shape index (κ2) is 5.69. The molecule has 1 saturated carbocycles. The van der Waals surface area contributed by atoms with Crippen LogP contribution in [0.3, 0.4) is 0 Å². The SMILES string of the molecule is O=C([C@@H]1C[C@H]2C=C[C@H]1C2)N1CCCC[C@@H]1c1nc2ccccc2s1. The number of hydrogen-bond donors (Lipinski definition) is 0. The van der Waals surface area contributed by atoms with Crippen LogP contribution < -0.4 is 0 Å². The number of allylic oxidation sites excluding steroid dienone is 2. The number of fused-ring (bicyclic) bond motifs is 3. The fourth-order valence-corrected chi connectivity index (χ4v) is 5.88. The van der Waals surface area contributed by atoms with Crippen molar-refractivity contribution in [1.82, 2.24) is 9.88 Å². The summed E-state index contributed by atoms with van der Waals surface area (Å²) in [7, 11) is 0. The lowest BCUT2D eigenvalue weighted by molar-refractivity contribution is -0.140. The molecule has 1 amide bonds. The summed E-state index contributed by atoms with van der Waals surface area (Å²) in [6, 6.07) is 8.50. The zero-order chi connectivity index (χ0) is 16.1. The maximum atomic E-state index is 13.3. The highest BCUT2D eigenvalue weighted by Crippen LogP contribution is 2.46. The van der Waals surface area contributed by atoms with Gasteiger partial charge in [-0.25, -0.2) is 4.98 Å². The molecule has 2 aliphatic carbocycles. The second-order valence-corrected chi connectivity index (χ2v) is 8.51. The van der Waals surface area contributed by atoms with E-state index in [9.17, 15) is 4.79 Å². The summed E-state index contributed by atoms with van der Waals surface area (Å²) < 4.78 is 1.23. The van der Waals surface area contributed by atoms with Gasteiger partial charge in [0.25, 0.3) is 0 Å². The predicted molar refractivity (Wildman–Crippen MR) is 96.8 cm³/mol. The number of thiazole rings is 1. The molecule has 1 saturated heterocycles. The van der Waals surface area contributed by atoms with Gasteiger partial charge in [-0.15, -0.1) is 11.3 Å². The Kier molecular flexibility index (Phi) is 3.47. The van der Waals surface area contributed by atoms with Gasteiger partial charge in [0.15, 0.2) is 0 Å². The summed E-state index contributed by atoms with van der Waals surface area (Å²) in [6.07, 6.45) is 10.2. The van der Waals surface area contributed by atoms with Crippen molar-refractivity contribution in [2.45, 2.75) is 38.1 Å². The summed E-state index contributed by atoms with van der Waals surface area (Å²) in [5.41, 5.74) is 1.07. The van der Waals surface area contributed by atoms with Gasteiger partial charge in [0.1, 0.15) is 5.01 Å². The van der Waals surface area contributed by atoms with Gasteiger partial charge in [-0.3, -0.25) is 4.79 Å². The van der Waals surface area contributed by atoms with Crippen LogP contribution in [0, 0.1) is 17.8 Å². The minimum Gasteiger partial charge on any atom is -0.333 e. The van der Waals surface area contributed by atoms with E-state index in [0.717, 1.165) is 36.3 Å². The van der Waals surface area contributed by atoms with Crippen LogP contribution >= 0.6 is 11.3 Å². The molecule has 24 heavy (non-hydrogen) atoms. The van der Waals surface area contributed by atoms with Gasteiger partial charge < -0.3 is 4.90 Å². The molecule has 0 spiro atoms. The summed E-state index contributed by atoms with van der Waals surface area (Å²) in [6.45, 7) is 0.900. The van der Waals surface area contributed by atoms with Crippen molar-refractivity contribution < 1.29 is 4.79 Å². The predicted octanol–water partition coefficient (Wildman–Crippen LogP) is 4.56. The molecule has 1 aromatic carbocycles. The number of benzene rings is 1. The Morgan fingerprint density at radius 1 is 1.17 bits per heavy atom. The molecule has 2 heterocycles. The van der Waals surface area contributed by atoms with Crippen molar-refractivity contribution in [1.29, 1.82) is 0 Å². The van der Waals surface area contributed by atoms with Crippen molar-refractivity contribution in [2.24, 2.45) is 17.8 Å². The molecule has 2 bridgehead atoms. The van der Waals surface area contributed by atoms with Gasteiger partial charge in [0.2, 0.25) is 5.91 Å². The molecule has 1 aromatic heterocycles. The first-order valence-corrected chi connectivity index (χ1v) is 9.95. The van der Waals surface area contributed by atoms with Crippen LogP contribution in [0.15, 0.2) is 36.4 Å². The van der Waals surface area contributed by atoms with Crippen LogP contribution in [0.5, 0.6) is 0 Å². The van der Waals surface area contributed by atoms with Crippen molar-refractivity contribution in [3.8, 4) is 0 Å². The number of piperidine rings is 1. The number of carbonyl (C=O) groups is 1. The lowest BCUT2D eigenvalue weighted by Gasteiger charge is -2.37. The molecule has 3 aliphatic rings. The summed E-state index contributed by atoms with van der Waals surface area (Å²) in [5, 5.41) is 1.13. The number of rotatable bonds is 2. The van der Waals surface area contributed by atoms with Crippen molar-refractivity contribution in [3.05, 3.63) is 41.4 Å². The van der Waals surface area contributed by atoms with E-state index >= 15 is 0 Å². The van der Waals surface area contributed by atoms with Crippen molar-refractivity contribution >= 4 is 27.5 Å².